The third-order valence-corrected chi connectivity index (χ3v) is 5.13. The number of aliphatic hydroxyl groups is 1. The molecular weight excluding hydrogens is 302 g/mol. The van der Waals surface area contributed by atoms with Crippen LogP contribution in [0.5, 0.6) is 5.75 Å². The van der Waals surface area contributed by atoms with Crippen molar-refractivity contribution in [2.24, 2.45) is 5.92 Å². The van der Waals surface area contributed by atoms with Crippen molar-refractivity contribution in [1.29, 1.82) is 0 Å². The first-order valence-electron chi connectivity index (χ1n) is 8.01. The lowest BCUT2D eigenvalue weighted by molar-refractivity contribution is -0.0636. The monoisotopic (exact) mass is 325 g/mol. The highest BCUT2D eigenvalue weighted by molar-refractivity contribution is 6.30. The molecule has 3 rings (SSSR count). The molecule has 3 atom stereocenters. The molecule has 1 N–H and O–H groups in total. The van der Waals surface area contributed by atoms with Crippen LogP contribution in [0.3, 0.4) is 0 Å². The van der Waals surface area contributed by atoms with E-state index in [1.54, 1.807) is 7.11 Å². The van der Waals surface area contributed by atoms with Gasteiger partial charge in [0.1, 0.15) is 5.75 Å². The first-order chi connectivity index (χ1) is 10.7. The van der Waals surface area contributed by atoms with Gasteiger partial charge in [0.05, 0.1) is 19.8 Å². The quantitative estimate of drug-likeness (QED) is 0.924. The Hall–Kier alpha value is -0.810. The first kappa shape index (κ1) is 16.1. The Morgan fingerprint density at radius 3 is 3.05 bits per heavy atom. The van der Waals surface area contributed by atoms with Crippen molar-refractivity contribution in [1.82, 2.24) is 4.90 Å². The number of methoxy groups -OCH3 is 1. The van der Waals surface area contributed by atoms with Crippen molar-refractivity contribution in [3.8, 4) is 5.75 Å². The molecule has 4 nitrogen and oxygen atoms in total. The van der Waals surface area contributed by atoms with Crippen molar-refractivity contribution in [2.75, 3.05) is 26.9 Å². The summed E-state index contributed by atoms with van der Waals surface area (Å²) in [6.45, 7) is 3.23. The van der Waals surface area contributed by atoms with Gasteiger partial charge in [-0.3, -0.25) is 4.90 Å². The smallest absolute Gasteiger partial charge is 0.124 e. The van der Waals surface area contributed by atoms with Crippen LogP contribution in [-0.4, -0.2) is 49.0 Å². The molecule has 0 radical (unpaired) electrons. The predicted molar refractivity (Wildman–Crippen MR) is 86.4 cm³/mol. The molecule has 2 fully saturated rings. The third kappa shape index (κ3) is 3.40. The summed E-state index contributed by atoms with van der Waals surface area (Å²) in [5.41, 5.74) is 1.14. The Morgan fingerprint density at radius 1 is 1.41 bits per heavy atom. The molecule has 122 valence electrons. The maximum Gasteiger partial charge on any atom is 0.124 e. The Morgan fingerprint density at radius 2 is 2.27 bits per heavy atom. The van der Waals surface area contributed by atoms with Gasteiger partial charge < -0.3 is 14.6 Å². The Balaban J connectivity index is 1.73. The van der Waals surface area contributed by atoms with Crippen LogP contribution in [0.1, 0.15) is 24.8 Å². The average Bonchev–Trinajstić information content (AvgIpc) is 2.97. The number of likely N-dealkylation sites (tertiary alicyclic amines) is 1. The second-order valence-electron chi connectivity index (χ2n) is 6.23. The number of rotatable bonds is 4. The highest BCUT2D eigenvalue weighted by Gasteiger charge is 2.37. The molecule has 0 aromatic heterocycles. The second-order valence-corrected chi connectivity index (χ2v) is 6.67. The zero-order valence-electron chi connectivity index (χ0n) is 13.0. The van der Waals surface area contributed by atoms with E-state index in [0.29, 0.717) is 24.3 Å². The van der Waals surface area contributed by atoms with E-state index in [0.717, 1.165) is 37.2 Å². The minimum absolute atomic E-state index is 0.217. The normalized spacial score (nSPS) is 29.7. The van der Waals surface area contributed by atoms with Gasteiger partial charge in [-0.15, -0.1) is 0 Å². The average molecular weight is 326 g/mol. The number of hydrogen-bond acceptors (Lipinski definition) is 4. The summed E-state index contributed by atoms with van der Waals surface area (Å²) in [5.74, 6) is 1.05. The molecule has 1 aromatic carbocycles. The predicted octanol–water partition coefficient (Wildman–Crippen LogP) is 2.71. The number of nitrogens with zero attached hydrogens (tertiary/aromatic N) is 1. The van der Waals surface area contributed by atoms with Crippen LogP contribution in [-0.2, 0) is 11.3 Å². The number of halogens is 1. The Labute approximate surface area is 137 Å². The van der Waals surface area contributed by atoms with Gasteiger partial charge in [-0.25, -0.2) is 0 Å². The molecule has 1 aromatic rings. The van der Waals surface area contributed by atoms with E-state index >= 15 is 0 Å². The minimum Gasteiger partial charge on any atom is -0.496 e. The number of ether oxygens (including phenoxy) is 2. The van der Waals surface area contributed by atoms with Crippen LogP contribution >= 0.6 is 11.6 Å². The molecule has 2 aliphatic heterocycles. The molecule has 0 bridgehead atoms. The maximum atomic E-state index is 10.3. The lowest BCUT2D eigenvalue weighted by atomic mass is 9.89. The van der Waals surface area contributed by atoms with E-state index in [2.05, 4.69) is 4.90 Å². The molecular formula is C17H24ClNO3. The van der Waals surface area contributed by atoms with Crippen molar-refractivity contribution in [3.63, 3.8) is 0 Å². The van der Waals surface area contributed by atoms with Gasteiger partial charge in [0.15, 0.2) is 0 Å². The number of benzene rings is 1. The van der Waals surface area contributed by atoms with Crippen molar-refractivity contribution in [3.05, 3.63) is 28.8 Å². The van der Waals surface area contributed by atoms with Gasteiger partial charge in [0.25, 0.3) is 0 Å². The molecule has 2 saturated heterocycles. The van der Waals surface area contributed by atoms with E-state index in [4.69, 9.17) is 21.1 Å². The van der Waals surface area contributed by atoms with Gasteiger partial charge in [-0.2, -0.15) is 0 Å². The summed E-state index contributed by atoms with van der Waals surface area (Å²) in [4.78, 5) is 2.45. The van der Waals surface area contributed by atoms with Crippen LogP contribution < -0.4 is 4.74 Å². The van der Waals surface area contributed by atoms with Crippen LogP contribution in [0, 0.1) is 5.92 Å². The SMILES string of the molecule is COc1cc(Cl)ccc1CN1CCC[C@@H]1[C@@H]1COCC[C@@H]1O. The molecule has 2 aliphatic rings. The summed E-state index contributed by atoms with van der Waals surface area (Å²) >= 11 is 6.04. The first-order valence-corrected chi connectivity index (χ1v) is 8.39. The van der Waals surface area contributed by atoms with Gasteiger partial charge >= 0.3 is 0 Å². The highest BCUT2D eigenvalue weighted by atomic mass is 35.5. The molecule has 0 saturated carbocycles. The lowest BCUT2D eigenvalue weighted by Gasteiger charge is -2.37. The number of hydrogen-bond donors (Lipinski definition) is 1. The molecule has 2 heterocycles. The molecule has 0 aliphatic carbocycles. The fourth-order valence-electron chi connectivity index (χ4n) is 3.72. The zero-order valence-corrected chi connectivity index (χ0v) is 13.8. The van der Waals surface area contributed by atoms with Gasteiger partial charge in [-0.1, -0.05) is 17.7 Å². The highest BCUT2D eigenvalue weighted by Crippen LogP contribution is 2.33. The summed E-state index contributed by atoms with van der Waals surface area (Å²) in [7, 11) is 1.68. The molecule has 0 amide bonds. The van der Waals surface area contributed by atoms with E-state index in [1.165, 1.54) is 6.42 Å². The minimum atomic E-state index is -0.244. The standard InChI is InChI=1S/C17H24ClNO3/c1-21-17-9-13(18)5-4-12(17)10-19-7-2-3-15(19)14-11-22-8-6-16(14)20/h4-5,9,14-16,20H,2-3,6-8,10-11H2,1H3/t14-,15+,16-/m0/s1. The fraction of sp³-hybridized carbons (Fsp3) is 0.647. The lowest BCUT2D eigenvalue weighted by Crippen LogP contribution is -2.45. The topological polar surface area (TPSA) is 41.9 Å². The van der Waals surface area contributed by atoms with E-state index in [-0.39, 0.29) is 12.0 Å². The molecule has 5 heteroatoms. The van der Waals surface area contributed by atoms with Crippen LogP contribution in [0.4, 0.5) is 0 Å². The summed E-state index contributed by atoms with van der Waals surface area (Å²) in [5, 5.41) is 11.0. The number of aliphatic hydroxyl groups excluding tert-OH is 1. The van der Waals surface area contributed by atoms with Crippen molar-refractivity contribution < 1.29 is 14.6 Å². The maximum absolute atomic E-state index is 10.3. The van der Waals surface area contributed by atoms with Gasteiger partial charge in [0, 0.05) is 35.7 Å². The van der Waals surface area contributed by atoms with Gasteiger partial charge in [0.2, 0.25) is 0 Å². The van der Waals surface area contributed by atoms with E-state index in [1.807, 2.05) is 18.2 Å². The third-order valence-electron chi connectivity index (χ3n) is 4.89. The second kappa shape index (κ2) is 7.18. The van der Waals surface area contributed by atoms with Gasteiger partial charge in [-0.05, 0) is 37.9 Å². The van der Waals surface area contributed by atoms with Crippen molar-refractivity contribution >= 4 is 11.6 Å². The van der Waals surface area contributed by atoms with Crippen LogP contribution in [0.25, 0.3) is 0 Å². The zero-order chi connectivity index (χ0) is 15.5. The van der Waals surface area contributed by atoms with E-state index < -0.39 is 0 Å². The van der Waals surface area contributed by atoms with Crippen molar-refractivity contribution in [2.45, 2.75) is 38.0 Å². The van der Waals surface area contributed by atoms with Crippen LogP contribution in [0.15, 0.2) is 18.2 Å². The Bertz CT molecular complexity index is 511. The molecule has 0 spiro atoms. The summed E-state index contributed by atoms with van der Waals surface area (Å²) in [6.07, 6.45) is 2.80. The summed E-state index contributed by atoms with van der Waals surface area (Å²) < 4.78 is 11.0. The van der Waals surface area contributed by atoms with E-state index in [9.17, 15) is 5.11 Å². The molecule has 22 heavy (non-hydrogen) atoms. The largest absolute Gasteiger partial charge is 0.496 e. The van der Waals surface area contributed by atoms with Crippen LogP contribution in [0.2, 0.25) is 5.02 Å². The summed E-state index contributed by atoms with van der Waals surface area (Å²) in [6, 6.07) is 6.18. The molecule has 0 unspecified atom stereocenters. The Kier molecular flexibility index (Phi) is 5.24. The fourth-order valence-corrected chi connectivity index (χ4v) is 3.88.